The van der Waals surface area contributed by atoms with Gasteiger partial charge in [-0.3, -0.25) is 9.59 Å². The average Bonchev–Trinajstić information content (AvgIpc) is 3.60. The summed E-state index contributed by atoms with van der Waals surface area (Å²) < 4.78 is 2.19. The van der Waals surface area contributed by atoms with Crippen molar-refractivity contribution in [3.8, 4) is 11.3 Å². The van der Waals surface area contributed by atoms with Crippen LogP contribution in [0.4, 0.5) is 0 Å². The Bertz CT molecular complexity index is 1570. The first kappa shape index (κ1) is 22.3. The van der Waals surface area contributed by atoms with E-state index in [1.807, 2.05) is 72.1 Å². The third-order valence-electron chi connectivity index (χ3n) is 6.88. The van der Waals surface area contributed by atoms with Gasteiger partial charge < -0.3 is 14.8 Å². The summed E-state index contributed by atoms with van der Waals surface area (Å²) in [6.07, 6.45) is 0. The molecule has 0 aliphatic carbocycles. The molecule has 0 spiro atoms. The third kappa shape index (κ3) is 3.71. The highest BCUT2D eigenvalue weighted by atomic mass is 32.1. The van der Waals surface area contributed by atoms with Gasteiger partial charge in [-0.2, -0.15) is 0 Å². The average molecular weight is 492 g/mol. The van der Waals surface area contributed by atoms with Crippen molar-refractivity contribution in [1.82, 2.24) is 14.8 Å². The number of amides is 2. The first-order valence-corrected chi connectivity index (χ1v) is 12.8. The van der Waals surface area contributed by atoms with Crippen molar-refractivity contribution in [1.29, 1.82) is 0 Å². The smallest absolute Gasteiger partial charge is 0.255 e. The molecule has 0 radical (unpaired) electrons. The van der Waals surface area contributed by atoms with Gasteiger partial charge in [0.2, 0.25) is 5.91 Å². The zero-order valence-electron chi connectivity index (χ0n) is 19.8. The lowest BCUT2D eigenvalue weighted by molar-refractivity contribution is -0.122. The minimum Gasteiger partial charge on any atom is -0.350 e. The zero-order chi connectivity index (χ0) is 24.6. The number of carbonyl (C=O) groups excluding carboxylic acids is 2. The second-order valence-electron chi connectivity index (χ2n) is 8.98. The van der Waals surface area contributed by atoms with Crippen LogP contribution in [0.2, 0.25) is 0 Å². The molecule has 5 aromatic rings. The van der Waals surface area contributed by atoms with E-state index in [1.165, 1.54) is 0 Å². The first-order chi connectivity index (χ1) is 17.6. The maximum absolute atomic E-state index is 13.7. The van der Waals surface area contributed by atoms with Crippen molar-refractivity contribution in [3.63, 3.8) is 0 Å². The van der Waals surface area contributed by atoms with Crippen LogP contribution in [-0.4, -0.2) is 27.8 Å². The molecule has 1 atom stereocenters. The summed E-state index contributed by atoms with van der Waals surface area (Å²) in [4.78, 5) is 29.6. The molecule has 2 amide bonds. The predicted molar refractivity (Wildman–Crippen MR) is 144 cm³/mol. The Morgan fingerprint density at radius 2 is 1.67 bits per heavy atom. The number of nitrogens with zero attached hydrogens (tertiary/aromatic N) is 2. The molecule has 6 rings (SSSR count). The maximum Gasteiger partial charge on any atom is 0.255 e. The lowest BCUT2D eigenvalue weighted by atomic mass is 9.93. The number of benzene rings is 3. The summed E-state index contributed by atoms with van der Waals surface area (Å²) >= 11 is 1.60. The van der Waals surface area contributed by atoms with Crippen LogP contribution in [0.5, 0.6) is 0 Å². The Balaban J connectivity index is 1.48. The van der Waals surface area contributed by atoms with E-state index in [0.29, 0.717) is 12.1 Å². The number of nitrogens with one attached hydrogen (secondary N) is 1. The van der Waals surface area contributed by atoms with Gasteiger partial charge in [0.05, 0.1) is 18.3 Å². The van der Waals surface area contributed by atoms with Crippen molar-refractivity contribution in [2.24, 2.45) is 7.05 Å². The fourth-order valence-corrected chi connectivity index (χ4v) is 5.94. The quantitative estimate of drug-likeness (QED) is 0.328. The molecule has 0 fully saturated rings. The molecule has 1 N–H and O–H groups in total. The molecule has 6 heteroatoms. The fraction of sp³-hybridized carbons (Fsp3) is 0.133. The van der Waals surface area contributed by atoms with E-state index in [1.54, 1.807) is 16.2 Å². The van der Waals surface area contributed by atoms with Gasteiger partial charge in [-0.15, -0.1) is 11.3 Å². The number of para-hydroxylation sites is 1. The lowest BCUT2D eigenvalue weighted by Gasteiger charge is -2.26. The standard InChI is InChI=1S/C30H25N3O2S/c1-32-25-16-8-7-15-24(25)27(28(32)20-10-3-2-4-11-20)29-22-13-5-6-14-23(22)30(35)33(29)19-26(34)31-18-21-12-9-17-36-21/h2-17,29H,18-19H2,1H3,(H,31,34)/t29-/m0/s1. The molecular weight excluding hydrogens is 466 g/mol. The first-order valence-electron chi connectivity index (χ1n) is 11.9. The number of hydrogen-bond donors (Lipinski definition) is 1. The van der Waals surface area contributed by atoms with Gasteiger partial charge in [-0.25, -0.2) is 0 Å². The highest BCUT2D eigenvalue weighted by Crippen LogP contribution is 2.46. The Hall–Kier alpha value is -4.16. The summed E-state index contributed by atoms with van der Waals surface area (Å²) in [5.74, 6) is -0.287. The molecule has 0 saturated carbocycles. The molecule has 0 unspecified atom stereocenters. The summed E-state index contributed by atoms with van der Waals surface area (Å²) in [6.45, 7) is 0.445. The van der Waals surface area contributed by atoms with E-state index >= 15 is 0 Å². The summed E-state index contributed by atoms with van der Waals surface area (Å²) in [7, 11) is 2.06. The maximum atomic E-state index is 13.7. The SMILES string of the molecule is Cn1c(-c2ccccc2)c([C@@H]2c3ccccc3C(=O)N2CC(=O)NCc2cccs2)c2ccccc21. The lowest BCUT2D eigenvalue weighted by Crippen LogP contribution is -2.39. The Morgan fingerprint density at radius 1 is 0.917 bits per heavy atom. The van der Waals surface area contributed by atoms with Gasteiger partial charge in [-0.1, -0.05) is 72.8 Å². The van der Waals surface area contributed by atoms with Gasteiger partial charge in [-0.05, 0) is 34.7 Å². The largest absolute Gasteiger partial charge is 0.350 e. The van der Waals surface area contributed by atoms with Crippen molar-refractivity contribution >= 4 is 34.1 Å². The topological polar surface area (TPSA) is 54.3 Å². The fourth-order valence-electron chi connectivity index (χ4n) is 5.30. The van der Waals surface area contributed by atoms with Crippen molar-refractivity contribution in [2.75, 3.05) is 6.54 Å². The Morgan fingerprint density at radius 3 is 2.47 bits per heavy atom. The van der Waals surface area contributed by atoms with Crippen LogP contribution < -0.4 is 5.32 Å². The molecule has 2 aromatic heterocycles. The number of thiophene rings is 1. The van der Waals surface area contributed by atoms with Crippen LogP contribution in [0.3, 0.4) is 0 Å². The molecule has 0 saturated heterocycles. The summed E-state index contributed by atoms with van der Waals surface area (Å²) in [5.41, 5.74) is 5.84. The van der Waals surface area contributed by atoms with Gasteiger partial charge in [0.1, 0.15) is 6.54 Å². The minimum absolute atomic E-state index is 0.0129. The molecule has 1 aliphatic heterocycles. The van der Waals surface area contributed by atoms with Crippen LogP contribution in [0, 0.1) is 0 Å². The molecule has 0 bridgehead atoms. The van der Waals surface area contributed by atoms with Gasteiger partial charge in [0, 0.05) is 34.0 Å². The molecule has 3 heterocycles. The Labute approximate surface area is 213 Å². The number of aromatic nitrogens is 1. The number of carbonyl (C=O) groups is 2. The van der Waals surface area contributed by atoms with Gasteiger partial charge >= 0.3 is 0 Å². The van der Waals surface area contributed by atoms with Crippen LogP contribution in [0.25, 0.3) is 22.2 Å². The highest BCUT2D eigenvalue weighted by Gasteiger charge is 2.41. The molecule has 178 valence electrons. The molecular formula is C30H25N3O2S. The zero-order valence-corrected chi connectivity index (χ0v) is 20.7. The van der Waals surface area contributed by atoms with Crippen LogP contribution >= 0.6 is 11.3 Å². The van der Waals surface area contributed by atoms with Crippen molar-refractivity contribution in [2.45, 2.75) is 12.6 Å². The second-order valence-corrected chi connectivity index (χ2v) is 10.0. The molecule has 36 heavy (non-hydrogen) atoms. The monoisotopic (exact) mass is 491 g/mol. The molecule has 3 aromatic carbocycles. The minimum atomic E-state index is -0.373. The van der Waals surface area contributed by atoms with E-state index in [-0.39, 0.29) is 24.4 Å². The van der Waals surface area contributed by atoms with Gasteiger partial charge in [0.25, 0.3) is 5.91 Å². The molecule has 5 nitrogen and oxygen atoms in total. The second kappa shape index (κ2) is 9.13. The van der Waals surface area contributed by atoms with Crippen molar-refractivity contribution in [3.05, 3.63) is 118 Å². The third-order valence-corrected chi connectivity index (χ3v) is 7.76. The number of aryl methyl sites for hydroxylation is 1. The van der Waals surface area contributed by atoms with E-state index in [0.717, 1.165) is 38.2 Å². The van der Waals surface area contributed by atoms with Crippen molar-refractivity contribution < 1.29 is 9.59 Å². The normalized spacial score (nSPS) is 14.9. The number of rotatable bonds is 6. The van der Waals surface area contributed by atoms with Gasteiger partial charge in [0.15, 0.2) is 0 Å². The number of hydrogen-bond acceptors (Lipinski definition) is 3. The number of fused-ring (bicyclic) bond motifs is 2. The van der Waals surface area contributed by atoms with Crippen LogP contribution in [-0.2, 0) is 18.4 Å². The predicted octanol–water partition coefficient (Wildman–Crippen LogP) is 5.77. The highest BCUT2D eigenvalue weighted by molar-refractivity contribution is 7.09. The van der Waals surface area contributed by atoms with Crippen LogP contribution in [0.15, 0.2) is 96.4 Å². The van der Waals surface area contributed by atoms with E-state index in [2.05, 4.69) is 41.2 Å². The summed E-state index contributed by atoms with van der Waals surface area (Å²) in [6, 6.07) is 29.8. The van der Waals surface area contributed by atoms with E-state index in [9.17, 15) is 9.59 Å². The molecule has 1 aliphatic rings. The van der Waals surface area contributed by atoms with E-state index < -0.39 is 0 Å². The van der Waals surface area contributed by atoms with Crippen LogP contribution in [0.1, 0.15) is 32.4 Å². The Kier molecular flexibility index (Phi) is 5.66. The summed E-state index contributed by atoms with van der Waals surface area (Å²) in [5, 5.41) is 6.06. The van der Waals surface area contributed by atoms with E-state index in [4.69, 9.17) is 0 Å².